The molecule has 100 valence electrons. The van der Waals surface area contributed by atoms with Crippen LogP contribution < -0.4 is 5.32 Å². The van der Waals surface area contributed by atoms with Crippen molar-refractivity contribution in [1.29, 1.82) is 0 Å². The molecule has 5 aliphatic rings. The van der Waals surface area contributed by atoms with Gasteiger partial charge in [0.15, 0.2) is 0 Å². The molecule has 1 nitrogen and oxygen atoms in total. The van der Waals surface area contributed by atoms with Crippen LogP contribution in [-0.2, 0) is 0 Å². The highest BCUT2D eigenvalue weighted by molar-refractivity contribution is 5.01. The normalized spacial score (nSPS) is 49.8. The van der Waals surface area contributed by atoms with Gasteiger partial charge in [-0.05, 0) is 87.5 Å². The van der Waals surface area contributed by atoms with Gasteiger partial charge in [-0.1, -0.05) is 12.2 Å². The van der Waals surface area contributed by atoms with Gasteiger partial charge in [0.2, 0.25) is 0 Å². The average molecular weight is 245 g/mol. The van der Waals surface area contributed by atoms with Gasteiger partial charge in [-0.3, -0.25) is 0 Å². The minimum atomic E-state index is 0.892. The molecule has 1 heteroatoms. The van der Waals surface area contributed by atoms with E-state index in [1.165, 1.54) is 25.8 Å². The lowest BCUT2D eigenvalue weighted by atomic mass is 9.54. The fourth-order valence-corrected chi connectivity index (χ4v) is 5.60. The van der Waals surface area contributed by atoms with E-state index in [0.717, 1.165) is 35.6 Å². The van der Waals surface area contributed by atoms with Gasteiger partial charge < -0.3 is 5.32 Å². The zero-order chi connectivity index (χ0) is 11.9. The van der Waals surface area contributed by atoms with Crippen LogP contribution in [0.2, 0.25) is 0 Å². The van der Waals surface area contributed by atoms with Gasteiger partial charge in [0.05, 0.1) is 0 Å². The summed E-state index contributed by atoms with van der Waals surface area (Å²) in [4.78, 5) is 0. The molecule has 0 heterocycles. The van der Waals surface area contributed by atoms with Crippen LogP contribution in [0.1, 0.15) is 51.4 Å². The first kappa shape index (κ1) is 11.5. The van der Waals surface area contributed by atoms with Crippen molar-refractivity contribution in [2.24, 2.45) is 29.6 Å². The van der Waals surface area contributed by atoms with E-state index in [-0.39, 0.29) is 0 Å². The number of nitrogens with one attached hydrogen (secondary N) is 1. The Balaban J connectivity index is 1.36. The first-order valence-corrected chi connectivity index (χ1v) is 8.27. The molecule has 1 unspecified atom stereocenters. The second kappa shape index (κ2) is 4.67. The zero-order valence-electron chi connectivity index (χ0n) is 11.5. The summed E-state index contributed by atoms with van der Waals surface area (Å²) in [6.45, 7) is 1.29. The Kier molecular flexibility index (Phi) is 2.99. The Bertz CT molecular complexity index is 305. The first-order valence-electron chi connectivity index (χ1n) is 8.27. The molecule has 18 heavy (non-hydrogen) atoms. The highest BCUT2D eigenvalue weighted by Crippen LogP contribution is 2.53. The van der Waals surface area contributed by atoms with Crippen molar-refractivity contribution in [2.75, 3.05) is 6.54 Å². The Labute approximate surface area is 111 Å². The lowest BCUT2D eigenvalue weighted by molar-refractivity contribution is -0.0148. The second-order valence-electron chi connectivity index (χ2n) is 7.52. The molecule has 4 saturated carbocycles. The molecule has 4 fully saturated rings. The molecule has 0 spiro atoms. The molecule has 1 atom stereocenters. The molecule has 0 radical (unpaired) electrons. The molecule has 0 aromatic rings. The van der Waals surface area contributed by atoms with Gasteiger partial charge in [0, 0.05) is 6.04 Å². The largest absolute Gasteiger partial charge is 0.313 e. The van der Waals surface area contributed by atoms with Crippen molar-refractivity contribution < 1.29 is 0 Å². The van der Waals surface area contributed by atoms with Crippen molar-refractivity contribution in [2.45, 2.75) is 57.4 Å². The quantitative estimate of drug-likeness (QED) is 0.747. The van der Waals surface area contributed by atoms with Gasteiger partial charge in [-0.2, -0.15) is 0 Å². The maximum atomic E-state index is 4.00. The van der Waals surface area contributed by atoms with Crippen LogP contribution in [-0.4, -0.2) is 12.6 Å². The summed E-state index contributed by atoms with van der Waals surface area (Å²) in [5.41, 5.74) is 0. The van der Waals surface area contributed by atoms with E-state index < -0.39 is 0 Å². The van der Waals surface area contributed by atoms with Crippen molar-refractivity contribution in [3.8, 4) is 0 Å². The third-order valence-electron chi connectivity index (χ3n) is 6.25. The average Bonchev–Trinajstić information content (AvgIpc) is 2.38. The number of hydrogen-bond acceptors (Lipinski definition) is 1. The summed E-state index contributed by atoms with van der Waals surface area (Å²) in [7, 11) is 0. The van der Waals surface area contributed by atoms with Crippen molar-refractivity contribution in [3.63, 3.8) is 0 Å². The van der Waals surface area contributed by atoms with Gasteiger partial charge in [-0.15, -0.1) is 0 Å². The Morgan fingerprint density at radius 3 is 2.22 bits per heavy atom. The van der Waals surface area contributed by atoms with Gasteiger partial charge in [-0.25, -0.2) is 0 Å². The lowest BCUT2D eigenvalue weighted by Crippen LogP contribution is -2.55. The van der Waals surface area contributed by atoms with Crippen LogP contribution in [0.3, 0.4) is 0 Å². The Morgan fingerprint density at radius 1 is 0.889 bits per heavy atom. The first-order chi connectivity index (χ1) is 8.88. The summed E-state index contributed by atoms with van der Waals surface area (Å²) in [6.07, 6.45) is 16.6. The van der Waals surface area contributed by atoms with Crippen molar-refractivity contribution in [1.82, 2.24) is 5.32 Å². The standard InChI is InChI=1S/C17H27N/c1-2-4-12(5-3-1)11-18-17-15-7-13-6-14(9-15)10-16(17)8-13/h1-2,12-18H,3-11H2. The van der Waals surface area contributed by atoms with Crippen LogP contribution in [0.5, 0.6) is 0 Å². The molecule has 0 amide bonds. The summed E-state index contributed by atoms with van der Waals surface area (Å²) in [6, 6.07) is 0.892. The fraction of sp³-hybridized carbons (Fsp3) is 0.882. The summed E-state index contributed by atoms with van der Waals surface area (Å²) in [5, 5.41) is 4.00. The third kappa shape index (κ3) is 2.05. The van der Waals surface area contributed by atoms with E-state index in [1.807, 2.05) is 0 Å². The van der Waals surface area contributed by atoms with E-state index in [9.17, 15) is 0 Å². The smallest absolute Gasteiger partial charge is 0.0124 e. The molecule has 0 aliphatic heterocycles. The summed E-state index contributed by atoms with van der Waals surface area (Å²) in [5.74, 6) is 5.24. The molecule has 5 aliphatic carbocycles. The third-order valence-corrected chi connectivity index (χ3v) is 6.25. The summed E-state index contributed by atoms with van der Waals surface area (Å²) < 4.78 is 0. The molecule has 5 rings (SSSR count). The topological polar surface area (TPSA) is 12.0 Å². The molecule has 0 aromatic heterocycles. The fourth-order valence-electron chi connectivity index (χ4n) is 5.60. The van der Waals surface area contributed by atoms with E-state index in [1.54, 1.807) is 32.1 Å². The van der Waals surface area contributed by atoms with Crippen LogP contribution >= 0.6 is 0 Å². The van der Waals surface area contributed by atoms with E-state index >= 15 is 0 Å². The minimum absolute atomic E-state index is 0.892. The van der Waals surface area contributed by atoms with Gasteiger partial charge >= 0.3 is 0 Å². The predicted octanol–water partition coefficient (Wildman–Crippen LogP) is 3.76. The van der Waals surface area contributed by atoms with Crippen LogP contribution in [0.25, 0.3) is 0 Å². The monoisotopic (exact) mass is 245 g/mol. The van der Waals surface area contributed by atoms with E-state index in [4.69, 9.17) is 0 Å². The highest BCUT2D eigenvalue weighted by atomic mass is 14.9. The van der Waals surface area contributed by atoms with Gasteiger partial charge in [0.25, 0.3) is 0 Å². The summed E-state index contributed by atoms with van der Waals surface area (Å²) >= 11 is 0. The van der Waals surface area contributed by atoms with Crippen LogP contribution in [0, 0.1) is 29.6 Å². The zero-order valence-corrected chi connectivity index (χ0v) is 11.5. The lowest BCUT2D eigenvalue weighted by Gasteiger charge is -2.54. The molecule has 4 bridgehead atoms. The molecule has 0 saturated heterocycles. The van der Waals surface area contributed by atoms with Crippen molar-refractivity contribution in [3.05, 3.63) is 12.2 Å². The maximum Gasteiger partial charge on any atom is 0.0124 e. The molecular weight excluding hydrogens is 218 g/mol. The molecule has 1 N–H and O–H groups in total. The Hall–Kier alpha value is -0.300. The Morgan fingerprint density at radius 2 is 1.61 bits per heavy atom. The minimum Gasteiger partial charge on any atom is -0.313 e. The van der Waals surface area contributed by atoms with Gasteiger partial charge in [0.1, 0.15) is 0 Å². The predicted molar refractivity (Wildman–Crippen MR) is 75.3 cm³/mol. The molecule has 0 aromatic carbocycles. The molecular formula is C17H27N. The maximum absolute atomic E-state index is 4.00. The van der Waals surface area contributed by atoms with Crippen LogP contribution in [0.15, 0.2) is 12.2 Å². The van der Waals surface area contributed by atoms with Crippen molar-refractivity contribution >= 4 is 0 Å². The SMILES string of the molecule is C1=CCC(CNC2C3CC4CC(C3)CC2C4)CC1. The second-order valence-corrected chi connectivity index (χ2v) is 7.52. The van der Waals surface area contributed by atoms with E-state index in [2.05, 4.69) is 17.5 Å². The van der Waals surface area contributed by atoms with E-state index in [0.29, 0.717) is 0 Å². The number of rotatable bonds is 3. The highest BCUT2D eigenvalue weighted by Gasteiger charge is 2.47. The number of hydrogen-bond donors (Lipinski definition) is 1. The van der Waals surface area contributed by atoms with Crippen LogP contribution in [0.4, 0.5) is 0 Å². The number of allylic oxidation sites excluding steroid dienone is 2.